The third-order valence-electron chi connectivity index (χ3n) is 4.92. The minimum Gasteiger partial charge on any atom is -0.382 e. The number of halogens is 1. The maximum atomic E-state index is 12.6. The molecule has 4 rings (SSSR count). The van der Waals surface area contributed by atoms with Crippen LogP contribution in [0.3, 0.4) is 0 Å². The Balaban J connectivity index is 0.00000289. The summed E-state index contributed by atoms with van der Waals surface area (Å²) < 4.78 is 0. The first-order valence-electron chi connectivity index (χ1n) is 9.74. The monoisotopic (exact) mass is 448 g/mol. The van der Waals surface area contributed by atoms with Gasteiger partial charge in [0.2, 0.25) is 0 Å². The molecule has 0 atom stereocenters. The van der Waals surface area contributed by atoms with Gasteiger partial charge in [-0.15, -0.1) is 0 Å². The molecule has 4 aromatic rings. The molecule has 0 saturated carbocycles. The zero-order valence-corrected chi connectivity index (χ0v) is 17.6. The molecule has 8 heteroatoms. The van der Waals surface area contributed by atoms with Gasteiger partial charge in [0.25, 0.3) is 5.91 Å². The number of hydrogen-bond donors (Lipinski definition) is 3. The number of fused-ring (bicyclic) bond motifs is 1. The van der Waals surface area contributed by atoms with Crippen molar-refractivity contribution in [3.63, 3.8) is 0 Å². The average Bonchev–Trinajstić information content (AvgIpc) is 2.78. The normalized spacial score (nSPS) is 10.6. The number of carbonyl (C=O) groups is 1. The third-order valence-corrected chi connectivity index (χ3v) is 5.25. The van der Waals surface area contributed by atoms with E-state index in [1.165, 1.54) is 12.4 Å². The molecule has 0 unspecified atom stereocenters. The summed E-state index contributed by atoms with van der Waals surface area (Å²) >= 11 is 6.44. The fraction of sp³-hybridized carbons (Fsp3) is 0.167. The molecule has 1 amide bonds. The molecule has 0 aliphatic carbocycles. The second-order valence-electron chi connectivity index (χ2n) is 6.95. The number of amides is 1. The minimum atomic E-state index is -0.409. The fourth-order valence-electron chi connectivity index (χ4n) is 3.47. The first-order valence-corrected chi connectivity index (χ1v) is 10.1. The van der Waals surface area contributed by atoms with E-state index in [-0.39, 0.29) is 25.5 Å². The number of carbonyl (C=O) groups excluding carboxylic acids is 1. The van der Waals surface area contributed by atoms with Crippen LogP contribution in [-0.2, 0) is 13.1 Å². The van der Waals surface area contributed by atoms with Crippen LogP contribution in [0.25, 0.3) is 22.0 Å². The lowest BCUT2D eigenvalue weighted by Crippen LogP contribution is -2.26. The maximum absolute atomic E-state index is 12.6. The smallest absolute Gasteiger partial charge is 0.274 e. The molecule has 0 radical (unpaired) electrons. The van der Waals surface area contributed by atoms with Gasteiger partial charge >= 0.3 is 0 Å². The highest BCUT2D eigenvalue weighted by molar-refractivity contribution is 6.35. The van der Waals surface area contributed by atoms with Crippen LogP contribution in [0.5, 0.6) is 0 Å². The zero-order chi connectivity index (χ0) is 21.8. The number of nitrogens with one attached hydrogen (secondary N) is 2. The number of rotatable bonds is 6. The van der Waals surface area contributed by atoms with Crippen molar-refractivity contribution in [1.82, 2.24) is 25.6 Å². The van der Waals surface area contributed by atoms with Crippen molar-refractivity contribution in [2.45, 2.75) is 20.5 Å². The van der Waals surface area contributed by atoms with Crippen molar-refractivity contribution in [1.29, 1.82) is 0 Å². The molecular formula is C24H25ClN6O. The number of nitrogens with zero attached hydrogens (tertiary/aromatic N) is 3. The second-order valence-corrected chi connectivity index (χ2v) is 7.36. The van der Waals surface area contributed by atoms with E-state index in [1.54, 1.807) is 0 Å². The molecule has 0 fully saturated rings. The Labute approximate surface area is 192 Å². The van der Waals surface area contributed by atoms with E-state index < -0.39 is 5.91 Å². The zero-order valence-electron chi connectivity index (χ0n) is 16.9. The van der Waals surface area contributed by atoms with Crippen LogP contribution in [0, 0.1) is 0 Å². The van der Waals surface area contributed by atoms with Crippen molar-refractivity contribution < 1.29 is 4.79 Å². The third kappa shape index (κ3) is 4.69. The number of anilines is 1. The molecule has 0 aliphatic heterocycles. The molecule has 0 spiro atoms. The number of nitrogens with two attached hydrogens (primary N) is 1. The lowest BCUT2D eigenvalue weighted by molar-refractivity contribution is 0.0946. The van der Waals surface area contributed by atoms with Gasteiger partial charge in [-0.25, -0.2) is 9.97 Å². The summed E-state index contributed by atoms with van der Waals surface area (Å²) in [4.78, 5) is 25.4. The average molecular weight is 449 g/mol. The molecule has 32 heavy (non-hydrogen) atoms. The highest BCUT2D eigenvalue weighted by atomic mass is 35.5. The largest absolute Gasteiger partial charge is 0.382 e. The number of nitrogen functional groups attached to an aromatic ring is 1. The molecule has 2 aromatic heterocycles. The van der Waals surface area contributed by atoms with Crippen molar-refractivity contribution in [3.8, 4) is 11.1 Å². The highest BCUT2D eigenvalue weighted by Crippen LogP contribution is 2.32. The Hall–Kier alpha value is -3.55. The van der Waals surface area contributed by atoms with Crippen molar-refractivity contribution >= 4 is 34.2 Å². The van der Waals surface area contributed by atoms with Crippen LogP contribution < -0.4 is 16.4 Å². The van der Waals surface area contributed by atoms with Crippen LogP contribution in [0.15, 0.2) is 60.9 Å². The Morgan fingerprint density at radius 2 is 1.81 bits per heavy atom. The van der Waals surface area contributed by atoms with Gasteiger partial charge in [0.15, 0.2) is 11.5 Å². The van der Waals surface area contributed by atoms with Gasteiger partial charge in [-0.05, 0) is 36.4 Å². The number of aromatic nitrogens is 3. The van der Waals surface area contributed by atoms with Gasteiger partial charge < -0.3 is 16.4 Å². The topological polar surface area (TPSA) is 106 Å². The fourth-order valence-corrected chi connectivity index (χ4v) is 3.69. The van der Waals surface area contributed by atoms with Gasteiger partial charge in [0.1, 0.15) is 0 Å². The molecule has 2 heterocycles. The summed E-state index contributed by atoms with van der Waals surface area (Å²) in [5.41, 5.74) is 10.4. The van der Waals surface area contributed by atoms with Gasteiger partial charge in [-0.2, -0.15) is 0 Å². The van der Waals surface area contributed by atoms with Gasteiger partial charge in [-0.1, -0.05) is 49.4 Å². The number of hydrogen-bond acceptors (Lipinski definition) is 6. The molecule has 0 aliphatic rings. The Morgan fingerprint density at radius 3 is 2.59 bits per heavy atom. The Bertz CT molecular complexity index is 1260. The van der Waals surface area contributed by atoms with Crippen LogP contribution in [0.2, 0.25) is 5.02 Å². The molecule has 4 N–H and O–H groups in total. The first-order chi connectivity index (χ1) is 15.1. The van der Waals surface area contributed by atoms with Crippen molar-refractivity contribution in [2.24, 2.45) is 0 Å². The lowest BCUT2D eigenvalue weighted by atomic mass is 9.96. The van der Waals surface area contributed by atoms with E-state index in [1.807, 2.05) is 49.5 Å². The molecule has 7 nitrogen and oxygen atoms in total. The molecule has 164 valence electrons. The number of benzene rings is 2. The SMILES string of the molecule is C.CNCc1ccccc1-c1cc2c(Cl)cccc2nc1CNC(=O)c1nccnc1N. The maximum Gasteiger partial charge on any atom is 0.274 e. The Morgan fingerprint density at radius 1 is 1.03 bits per heavy atom. The quantitative estimate of drug-likeness (QED) is 0.408. The van der Waals surface area contributed by atoms with E-state index in [0.29, 0.717) is 17.3 Å². The van der Waals surface area contributed by atoms with E-state index in [2.05, 4.69) is 26.7 Å². The lowest BCUT2D eigenvalue weighted by Gasteiger charge is -2.16. The summed E-state index contributed by atoms with van der Waals surface area (Å²) in [6.45, 7) is 0.888. The van der Waals surface area contributed by atoms with Gasteiger partial charge in [-0.3, -0.25) is 9.78 Å². The van der Waals surface area contributed by atoms with E-state index in [9.17, 15) is 4.79 Å². The van der Waals surface area contributed by atoms with E-state index >= 15 is 0 Å². The van der Waals surface area contributed by atoms with Gasteiger partial charge in [0.05, 0.1) is 17.8 Å². The Kier molecular flexibility index (Phi) is 7.35. The predicted octanol–water partition coefficient (Wildman–Crippen LogP) is 4.21. The van der Waals surface area contributed by atoms with Crippen LogP contribution in [0.4, 0.5) is 5.82 Å². The molecular weight excluding hydrogens is 424 g/mol. The van der Waals surface area contributed by atoms with Crippen LogP contribution in [-0.4, -0.2) is 27.9 Å². The second kappa shape index (κ2) is 10.2. The molecule has 0 bridgehead atoms. The van der Waals surface area contributed by atoms with Crippen molar-refractivity contribution in [3.05, 3.63) is 82.9 Å². The van der Waals surface area contributed by atoms with Crippen molar-refractivity contribution in [2.75, 3.05) is 12.8 Å². The highest BCUT2D eigenvalue weighted by Gasteiger charge is 2.16. The van der Waals surface area contributed by atoms with Crippen LogP contribution in [0.1, 0.15) is 29.2 Å². The standard InChI is InChI=1S/C23H21ClN6O.CH4/c1-26-12-14-5-2-3-6-15(14)16-11-17-18(24)7-4-8-19(17)30-20(16)13-29-23(31)21-22(25)28-10-9-27-21;/h2-11,26H,12-13H2,1H3,(H2,25,28)(H,29,31);1H4. The predicted molar refractivity (Wildman–Crippen MR) is 129 cm³/mol. The molecule has 0 saturated heterocycles. The summed E-state index contributed by atoms with van der Waals surface area (Å²) in [6, 6.07) is 15.7. The summed E-state index contributed by atoms with van der Waals surface area (Å²) in [6.07, 6.45) is 2.87. The van der Waals surface area contributed by atoms with E-state index in [0.717, 1.165) is 27.6 Å². The van der Waals surface area contributed by atoms with Crippen LogP contribution >= 0.6 is 11.6 Å². The minimum absolute atomic E-state index is 0. The first kappa shape index (κ1) is 23.1. The summed E-state index contributed by atoms with van der Waals surface area (Å²) in [7, 11) is 1.90. The van der Waals surface area contributed by atoms with Gasteiger partial charge in [0, 0.05) is 34.9 Å². The summed E-state index contributed by atoms with van der Waals surface area (Å²) in [5, 5.41) is 7.54. The number of pyridine rings is 1. The van der Waals surface area contributed by atoms with E-state index in [4.69, 9.17) is 22.3 Å². The molecule has 2 aromatic carbocycles. The summed E-state index contributed by atoms with van der Waals surface area (Å²) in [5.74, 6) is -0.328.